The maximum Gasteiger partial charge on any atom is 0.335 e. The Balaban J connectivity index is 2.69. The Hall–Kier alpha value is -2.10. The Morgan fingerprint density at radius 2 is 2.29 bits per heavy atom. The first kappa shape index (κ1) is 13.0. The van der Waals surface area contributed by atoms with Crippen LogP contribution in [0.2, 0.25) is 0 Å². The molecule has 2 N–H and O–H groups in total. The summed E-state index contributed by atoms with van der Waals surface area (Å²) in [7, 11) is 1.73. The van der Waals surface area contributed by atoms with Gasteiger partial charge >= 0.3 is 5.97 Å². The number of nitrogens with zero attached hydrogens (tertiary/aromatic N) is 1. The smallest absolute Gasteiger partial charge is 0.335 e. The van der Waals surface area contributed by atoms with Gasteiger partial charge < -0.3 is 10.4 Å². The lowest BCUT2D eigenvalue weighted by atomic mass is 10.2. The van der Waals surface area contributed by atoms with E-state index in [0.29, 0.717) is 6.54 Å². The fourth-order valence-electron chi connectivity index (χ4n) is 1.36. The number of anilines is 1. The minimum Gasteiger partial charge on any atom is -0.478 e. The summed E-state index contributed by atoms with van der Waals surface area (Å²) >= 11 is 0. The third kappa shape index (κ3) is 4.10. The third-order valence-corrected chi connectivity index (χ3v) is 2.23. The number of aliphatic imine (C=N–C) groups is 1. The molecule has 0 unspecified atom stereocenters. The molecule has 0 atom stereocenters. The molecule has 1 aromatic rings. The van der Waals surface area contributed by atoms with Gasteiger partial charge in [0.05, 0.1) is 17.8 Å². The molecule has 0 aromatic heterocycles. The minimum absolute atomic E-state index is 0.274. The van der Waals surface area contributed by atoms with E-state index in [2.05, 4.69) is 10.3 Å². The van der Waals surface area contributed by atoms with Gasteiger partial charge in [0, 0.05) is 12.7 Å². The lowest BCUT2D eigenvalue weighted by molar-refractivity contribution is 0.0697. The molecule has 0 spiro atoms. The number of hydrogen-bond acceptors (Lipinski definition) is 3. The Morgan fingerprint density at radius 1 is 1.53 bits per heavy atom. The second-order valence-corrected chi connectivity index (χ2v) is 3.45. The van der Waals surface area contributed by atoms with Crippen LogP contribution in [0.1, 0.15) is 17.3 Å². The van der Waals surface area contributed by atoms with Crippen LogP contribution in [0.5, 0.6) is 0 Å². The van der Waals surface area contributed by atoms with Crippen molar-refractivity contribution in [2.45, 2.75) is 6.92 Å². The number of carboxylic acid groups (broad SMARTS) is 1. The average molecular weight is 232 g/mol. The molecule has 90 valence electrons. The molecule has 0 saturated carbocycles. The molecule has 0 aliphatic carbocycles. The highest BCUT2D eigenvalue weighted by Crippen LogP contribution is 2.10. The summed E-state index contributed by atoms with van der Waals surface area (Å²) in [5.41, 5.74) is 1.96. The van der Waals surface area contributed by atoms with Gasteiger partial charge in [-0.15, -0.1) is 0 Å². The molecular formula is C13H16N2O2. The van der Waals surface area contributed by atoms with Gasteiger partial charge in [-0.1, -0.05) is 12.1 Å². The number of carbonyl (C=O) groups is 1. The van der Waals surface area contributed by atoms with Gasteiger partial charge in [0.15, 0.2) is 0 Å². The van der Waals surface area contributed by atoms with E-state index in [1.165, 1.54) is 0 Å². The molecule has 0 aliphatic rings. The van der Waals surface area contributed by atoms with Gasteiger partial charge in [-0.25, -0.2) is 4.79 Å². The van der Waals surface area contributed by atoms with Crippen molar-refractivity contribution >= 4 is 17.4 Å². The summed E-state index contributed by atoms with van der Waals surface area (Å²) < 4.78 is 0. The molecule has 17 heavy (non-hydrogen) atoms. The minimum atomic E-state index is -0.925. The van der Waals surface area contributed by atoms with Crippen molar-refractivity contribution in [2.24, 2.45) is 4.99 Å². The highest BCUT2D eigenvalue weighted by molar-refractivity contribution is 5.98. The number of allylic oxidation sites excluding steroid dienone is 1. The van der Waals surface area contributed by atoms with Crippen LogP contribution in [0, 0.1) is 0 Å². The lowest BCUT2D eigenvalue weighted by Crippen LogP contribution is -2.12. The zero-order valence-corrected chi connectivity index (χ0v) is 9.97. The highest BCUT2D eigenvalue weighted by Gasteiger charge is 2.02. The van der Waals surface area contributed by atoms with Crippen molar-refractivity contribution in [3.05, 3.63) is 42.0 Å². The Bertz CT molecular complexity index is 450. The first-order chi connectivity index (χ1) is 8.17. The average Bonchev–Trinajstić information content (AvgIpc) is 2.34. The van der Waals surface area contributed by atoms with Gasteiger partial charge in [-0.3, -0.25) is 4.99 Å². The monoisotopic (exact) mass is 232 g/mol. The molecule has 0 bridgehead atoms. The van der Waals surface area contributed by atoms with Crippen molar-refractivity contribution in [2.75, 3.05) is 18.9 Å². The summed E-state index contributed by atoms with van der Waals surface area (Å²) in [5, 5.41) is 12.0. The Kier molecular flexibility index (Phi) is 4.94. The van der Waals surface area contributed by atoms with Crippen LogP contribution in [0.15, 0.2) is 41.4 Å². The van der Waals surface area contributed by atoms with Gasteiger partial charge in [0.25, 0.3) is 0 Å². The van der Waals surface area contributed by atoms with Crippen molar-refractivity contribution in [3.63, 3.8) is 0 Å². The summed E-state index contributed by atoms with van der Waals surface area (Å²) in [6.45, 7) is 2.50. The largest absolute Gasteiger partial charge is 0.478 e. The van der Waals surface area contributed by atoms with Gasteiger partial charge in [-0.2, -0.15) is 0 Å². The normalized spacial score (nSPS) is 11.8. The van der Waals surface area contributed by atoms with Gasteiger partial charge in [0.1, 0.15) is 0 Å². The van der Waals surface area contributed by atoms with E-state index in [1.807, 2.05) is 25.1 Å². The number of carboxylic acids is 1. The zero-order chi connectivity index (χ0) is 12.7. The Labute approximate surface area is 101 Å². The SMILES string of the molecule is CC=CC(CNc1cccc(C(=O)O)c1)=NC. The second-order valence-electron chi connectivity index (χ2n) is 3.45. The van der Waals surface area contributed by atoms with Crippen LogP contribution < -0.4 is 5.32 Å². The predicted octanol–water partition coefficient (Wildman–Crippen LogP) is 2.44. The topological polar surface area (TPSA) is 61.7 Å². The van der Waals surface area contributed by atoms with Crippen LogP contribution in [0.3, 0.4) is 0 Å². The van der Waals surface area contributed by atoms with Crippen molar-refractivity contribution in [1.29, 1.82) is 0 Å². The fraction of sp³-hybridized carbons (Fsp3) is 0.231. The number of nitrogens with one attached hydrogen (secondary N) is 1. The first-order valence-corrected chi connectivity index (χ1v) is 5.33. The van der Waals surface area contributed by atoms with Crippen LogP contribution >= 0.6 is 0 Å². The molecule has 0 heterocycles. The number of aromatic carboxylic acids is 1. The highest BCUT2D eigenvalue weighted by atomic mass is 16.4. The number of rotatable bonds is 5. The van der Waals surface area contributed by atoms with Crippen LogP contribution in [0.25, 0.3) is 0 Å². The third-order valence-electron chi connectivity index (χ3n) is 2.23. The predicted molar refractivity (Wildman–Crippen MR) is 70.1 cm³/mol. The molecule has 0 fully saturated rings. The van der Waals surface area contributed by atoms with E-state index < -0.39 is 5.97 Å². The standard InChI is InChI=1S/C13H16N2O2/c1-3-5-12(14-2)9-15-11-7-4-6-10(8-11)13(16)17/h3-8,15H,9H2,1-2H3,(H,16,17). The zero-order valence-electron chi connectivity index (χ0n) is 9.97. The molecule has 4 heteroatoms. The quantitative estimate of drug-likeness (QED) is 0.766. The van der Waals surface area contributed by atoms with E-state index in [9.17, 15) is 4.79 Å². The lowest BCUT2D eigenvalue weighted by Gasteiger charge is -2.06. The van der Waals surface area contributed by atoms with E-state index in [4.69, 9.17) is 5.11 Å². The van der Waals surface area contributed by atoms with E-state index >= 15 is 0 Å². The summed E-state index contributed by atoms with van der Waals surface area (Å²) in [6, 6.07) is 6.71. The van der Waals surface area contributed by atoms with E-state index in [0.717, 1.165) is 11.4 Å². The van der Waals surface area contributed by atoms with Crippen molar-refractivity contribution in [3.8, 4) is 0 Å². The molecule has 0 radical (unpaired) electrons. The molecule has 1 aromatic carbocycles. The molecule has 0 aliphatic heterocycles. The number of benzene rings is 1. The van der Waals surface area contributed by atoms with E-state index in [1.54, 1.807) is 25.2 Å². The summed E-state index contributed by atoms with van der Waals surface area (Å²) in [6.07, 6.45) is 3.83. The van der Waals surface area contributed by atoms with Gasteiger partial charge in [0.2, 0.25) is 0 Å². The molecule has 0 saturated heterocycles. The Morgan fingerprint density at radius 3 is 2.88 bits per heavy atom. The van der Waals surface area contributed by atoms with Gasteiger partial charge in [-0.05, 0) is 31.2 Å². The van der Waals surface area contributed by atoms with Crippen molar-refractivity contribution in [1.82, 2.24) is 0 Å². The molecule has 1 rings (SSSR count). The van der Waals surface area contributed by atoms with Crippen LogP contribution in [-0.4, -0.2) is 30.4 Å². The van der Waals surface area contributed by atoms with Crippen LogP contribution in [0.4, 0.5) is 5.69 Å². The maximum atomic E-state index is 10.8. The van der Waals surface area contributed by atoms with Crippen LogP contribution in [-0.2, 0) is 0 Å². The summed E-state index contributed by atoms with van der Waals surface area (Å²) in [4.78, 5) is 14.9. The first-order valence-electron chi connectivity index (χ1n) is 5.33. The fourth-order valence-corrected chi connectivity index (χ4v) is 1.36. The number of hydrogen-bond donors (Lipinski definition) is 2. The maximum absolute atomic E-state index is 10.8. The molecule has 0 amide bonds. The second kappa shape index (κ2) is 6.48. The summed E-state index contributed by atoms with van der Waals surface area (Å²) in [5.74, 6) is -0.925. The van der Waals surface area contributed by atoms with E-state index in [-0.39, 0.29) is 5.56 Å². The molecule has 4 nitrogen and oxygen atoms in total. The molecular weight excluding hydrogens is 216 g/mol. The van der Waals surface area contributed by atoms with Crippen molar-refractivity contribution < 1.29 is 9.90 Å².